The van der Waals surface area contributed by atoms with Crippen LogP contribution in [0.1, 0.15) is 26.7 Å². The first-order valence-electron chi connectivity index (χ1n) is 7.73. The molecular formula is C16H27F2N3O. The van der Waals surface area contributed by atoms with Crippen molar-refractivity contribution in [1.82, 2.24) is 4.90 Å². The highest BCUT2D eigenvalue weighted by Gasteiger charge is 2.21. The average molecular weight is 315 g/mol. The minimum absolute atomic E-state index is 0.0484. The van der Waals surface area contributed by atoms with E-state index in [1.54, 1.807) is 12.1 Å². The highest BCUT2D eigenvalue weighted by Crippen LogP contribution is 2.30. The van der Waals surface area contributed by atoms with Crippen LogP contribution in [0.4, 0.5) is 20.2 Å². The predicted octanol–water partition coefficient (Wildman–Crippen LogP) is 3.43. The summed E-state index contributed by atoms with van der Waals surface area (Å²) < 4.78 is 29.1. The van der Waals surface area contributed by atoms with Gasteiger partial charge in [-0.2, -0.15) is 8.78 Å². The van der Waals surface area contributed by atoms with Crippen molar-refractivity contribution in [3.05, 3.63) is 18.2 Å². The van der Waals surface area contributed by atoms with E-state index in [0.717, 1.165) is 31.6 Å². The van der Waals surface area contributed by atoms with Gasteiger partial charge in [0.15, 0.2) is 5.75 Å². The van der Waals surface area contributed by atoms with E-state index < -0.39 is 6.61 Å². The van der Waals surface area contributed by atoms with Gasteiger partial charge in [0.1, 0.15) is 0 Å². The number of ether oxygens (including phenoxy) is 1. The Kier molecular flexibility index (Phi) is 7.38. The van der Waals surface area contributed by atoms with Gasteiger partial charge in [-0.25, -0.2) is 0 Å². The van der Waals surface area contributed by atoms with Crippen LogP contribution in [-0.2, 0) is 0 Å². The van der Waals surface area contributed by atoms with Crippen molar-refractivity contribution >= 4 is 11.4 Å². The molecule has 0 atom stereocenters. The lowest BCUT2D eigenvalue weighted by Gasteiger charge is -2.36. The lowest BCUT2D eigenvalue weighted by molar-refractivity contribution is -0.0493. The molecule has 22 heavy (non-hydrogen) atoms. The Morgan fingerprint density at radius 1 is 1.23 bits per heavy atom. The largest absolute Gasteiger partial charge is 0.433 e. The van der Waals surface area contributed by atoms with Crippen LogP contribution in [-0.4, -0.2) is 44.7 Å². The number of halogens is 2. The second-order valence-electron chi connectivity index (χ2n) is 5.28. The minimum Gasteiger partial charge on any atom is -0.433 e. The van der Waals surface area contributed by atoms with Gasteiger partial charge in [-0.05, 0) is 39.1 Å². The number of rotatable bonds is 4. The second-order valence-corrected chi connectivity index (χ2v) is 5.28. The maximum Gasteiger partial charge on any atom is 0.387 e. The van der Waals surface area contributed by atoms with E-state index in [4.69, 9.17) is 5.73 Å². The lowest BCUT2D eigenvalue weighted by atomic mass is 10.0. The van der Waals surface area contributed by atoms with Crippen molar-refractivity contribution in [2.75, 3.05) is 37.8 Å². The van der Waals surface area contributed by atoms with Crippen molar-refractivity contribution in [1.29, 1.82) is 0 Å². The van der Waals surface area contributed by atoms with E-state index in [0.29, 0.717) is 6.04 Å². The number of anilines is 2. The van der Waals surface area contributed by atoms with E-state index in [2.05, 4.69) is 28.6 Å². The Labute approximate surface area is 131 Å². The monoisotopic (exact) mass is 315 g/mol. The van der Waals surface area contributed by atoms with Crippen LogP contribution in [0.25, 0.3) is 0 Å². The fourth-order valence-corrected chi connectivity index (χ4v) is 2.56. The smallest absolute Gasteiger partial charge is 0.387 e. The van der Waals surface area contributed by atoms with Crippen LogP contribution < -0.4 is 15.4 Å². The maximum atomic E-state index is 12.3. The molecule has 0 aliphatic carbocycles. The van der Waals surface area contributed by atoms with Gasteiger partial charge in [-0.1, -0.05) is 13.8 Å². The highest BCUT2D eigenvalue weighted by atomic mass is 19.3. The van der Waals surface area contributed by atoms with Crippen LogP contribution in [0.2, 0.25) is 0 Å². The van der Waals surface area contributed by atoms with Gasteiger partial charge >= 0.3 is 6.61 Å². The van der Waals surface area contributed by atoms with E-state index in [9.17, 15) is 8.78 Å². The summed E-state index contributed by atoms with van der Waals surface area (Å²) in [4.78, 5) is 4.41. The molecule has 0 radical (unpaired) electrons. The molecule has 0 aromatic heterocycles. The molecular weight excluding hydrogens is 288 g/mol. The molecule has 2 N–H and O–H groups in total. The van der Waals surface area contributed by atoms with E-state index in [-0.39, 0.29) is 11.4 Å². The third-order valence-electron chi connectivity index (χ3n) is 3.77. The predicted molar refractivity (Wildman–Crippen MR) is 87.8 cm³/mol. The Bertz CT molecular complexity index is 447. The Balaban J connectivity index is 0.00000116. The van der Waals surface area contributed by atoms with Crippen molar-refractivity contribution in [2.24, 2.45) is 0 Å². The maximum absolute atomic E-state index is 12.3. The SMILES string of the molecule is CC.CN(C)C1CCN(c2ccc(N)c(OC(F)F)c2)CC1. The number of alkyl halides is 2. The zero-order valence-corrected chi connectivity index (χ0v) is 13.9. The Morgan fingerprint density at radius 3 is 2.32 bits per heavy atom. The van der Waals surface area contributed by atoms with E-state index >= 15 is 0 Å². The number of benzene rings is 1. The van der Waals surface area contributed by atoms with Gasteiger partial charge in [-0.3, -0.25) is 0 Å². The van der Waals surface area contributed by atoms with E-state index in [1.165, 1.54) is 0 Å². The number of piperidine rings is 1. The molecule has 126 valence electrons. The summed E-state index contributed by atoms with van der Waals surface area (Å²) in [5.41, 5.74) is 6.76. The number of nitrogens with two attached hydrogens (primary N) is 1. The van der Waals surface area contributed by atoms with Gasteiger partial charge in [0, 0.05) is 30.9 Å². The Hall–Kier alpha value is -1.56. The van der Waals surface area contributed by atoms with Crippen molar-refractivity contribution in [3.8, 4) is 5.75 Å². The van der Waals surface area contributed by atoms with Gasteiger partial charge in [0.2, 0.25) is 0 Å². The molecule has 6 heteroatoms. The van der Waals surface area contributed by atoms with Crippen LogP contribution in [0.3, 0.4) is 0 Å². The van der Waals surface area contributed by atoms with Gasteiger partial charge < -0.3 is 20.3 Å². The number of nitrogens with zero attached hydrogens (tertiary/aromatic N) is 2. The van der Waals surface area contributed by atoms with Gasteiger partial charge in [0.05, 0.1) is 5.69 Å². The standard InChI is InChI=1S/C14H21F2N3O.C2H6/c1-18(2)10-5-7-19(8-6-10)11-3-4-12(17)13(9-11)20-14(15)16;1-2/h3-4,9-10,14H,5-8,17H2,1-2H3;1-2H3. The quantitative estimate of drug-likeness (QED) is 0.865. The fourth-order valence-electron chi connectivity index (χ4n) is 2.56. The summed E-state index contributed by atoms with van der Waals surface area (Å²) >= 11 is 0. The molecule has 1 fully saturated rings. The summed E-state index contributed by atoms with van der Waals surface area (Å²) in [7, 11) is 4.16. The van der Waals surface area contributed by atoms with Crippen molar-refractivity contribution in [2.45, 2.75) is 39.3 Å². The molecule has 2 rings (SSSR count). The third kappa shape index (κ3) is 5.02. The molecule has 0 amide bonds. The first kappa shape index (κ1) is 18.5. The molecule has 0 spiro atoms. The van der Waals surface area contributed by atoms with Crippen molar-refractivity contribution < 1.29 is 13.5 Å². The second kappa shape index (κ2) is 8.78. The lowest BCUT2D eigenvalue weighted by Crippen LogP contribution is -2.41. The van der Waals surface area contributed by atoms with Gasteiger partial charge in [0.25, 0.3) is 0 Å². The molecule has 0 saturated carbocycles. The molecule has 1 aliphatic rings. The van der Waals surface area contributed by atoms with Gasteiger partial charge in [-0.15, -0.1) is 0 Å². The van der Waals surface area contributed by atoms with Crippen LogP contribution in [0, 0.1) is 0 Å². The number of nitrogen functional groups attached to an aromatic ring is 1. The summed E-state index contributed by atoms with van der Waals surface area (Å²) in [5, 5.41) is 0. The third-order valence-corrected chi connectivity index (χ3v) is 3.77. The van der Waals surface area contributed by atoms with Crippen LogP contribution >= 0.6 is 0 Å². The molecule has 1 heterocycles. The first-order valence-corrected chi connectivity index (χ1v) is 7.73. The number of hydrogen-bond acceptors (Lipinski definition) is 4. The van der Waals surface area contributed by atoms with Crippen molar-refractivity contribution in [3.63, 3.8) is 0 Å². The summed E-state index contributed by atoms with van der Waals surface area (Å²) in [5.74, 6) is 0.0484. The fraction of sp³-hybridized carbons (Fsp3) is 0.625. The molecule has 0 unspecified atom stereocenters. The summed E-state index contributed by atoms with van der Waals surface area (Å²) in [6.07, 6.45) is 2.12. The zero-order valence-electron chi connectivity index (χ0n) is 13.9. The normalized spacial score (nSPS) is 15.7. The molecule has 4 nitrogen and oxygen atoms in total. The minimum atomic E-state index is -2.85. The zero-order chi connectivity index (χ0) is 16.7. The topological polar surface area (TPSA) is 41.7 Å². The molecule has 1 aliphatic heterocycles. The molecule has 1 aromatic carbocycles. The molecule has 1 aromatic rings. The Morgan fingerprint density at radius 2 is 1.82 bits per heavy atom. The van der Waals surface area contributed by atoms with Crippen LogP contribution in [0.15, 0.2) is 18.2 Å². The molecule has 1 saturated heterocycles. The van der Waals surface area contributed by atoms with Crippen LogP contribution in [0.5, 0.6) is 5.75 Å². The molecule has 0 bridgehead atoms. The highest BCUT2D eigenvalue weighted by molar-refractivity contribution is 5.62. The average Bonchev–Trinajstić information content (AvgIpc) is 2.51. The number of hydrogen-bond donors (Lipinski definition) is 1. The summed E-state index contributed by atoms with van der Waals surface area (Å²) in [6, 6.07) is 5.64. The van der Waals surface area contributed by atoms with E-state index in [1.807, 2.05) is 19.9 Å². The first-order chi connectivity index (χ1) is 10.5. The summed E-state index contributed by atoms with van der Waals surface area (Å²) in [6.45, 7) is 2.95.